The van der Waals surface area contributed by atoms with E-state index in [1.807, 2.05) is 0 Å². The van der Waals surface area contributed by atoms with Crippen molar-refractivity contribution in [3.05, 3.63) is 12.1 Å². The van der Waals surface area contributed by atoms with Gasteiger partial charge in [0.15, 0.2) is 0 Å². The van der Waals surface area contributed by atoms with Crippen LogP contribution in [0, 0.1) is 47.3 Å². The van der Waals surface area contributed by atoms with Crippen LogP contribution in [-0.4, -0.2) is 49.3 Å². The van der Waals surface area contributed by atoms with Crippen molar-refractivity contribution in [1.29, 1.82) is 0 Å². The number of hydrogen-bond acceptors (Lipinski definition) is 8. The van der Waals surface area contributed by atoms with E-state index < -0.39 is 0 Å². The molecule has 0 aromatic heterocycles. The zero-order chi connectivity index (χ0) is 28.9. The molecular formula is C34H59ClN8. The molecule has 8 atom stereocenters. The molecule has 9 heteroatoms. The van der Waals surface area contributed by atoms with Crippen molar-refractivity contribution in [2.45, 2.75) is 152 Å². The highest BCUT2D eigenvalue weighted by molar-refractivity contribution is 6.25. The number of nitrogens with one attached hydrogen (secondary N) is 8. The summed E-state index contributed by atoms with van der Waals surface area (Å²) in [6.07, 6.45) is 25.6. The van der Waals surface area contributed by atoms with Gasteiger partial charge in [-0.1, -0.05) is 69.5 Å². The molecule has 242 valence electrons. The summed E-state index contributed by atoms with van der Waals surface area (Å²) in [6, 6.07) is 0. The predicted octanol–water partition coefficient (Wildman–Crippen LogP) is 3.97. The van der Waals surface area contributed by atoms with Crippen LogP contribution >= 0.6 is 11.6 Å². The molecule has 4 aliphatic carbocycles. The molecule has 8 unspecified atom stereocenters. The molecule has 9 rings (SSSR count). The zero-order valence-corrected chi connectivity index (χ0v) is 27.0. The maximum absolute atomic E-state index is 4.76. The van der Waals surface area contributed by atoms with Crippen LogP contribution in [-0.2, 0) is 0 Å². The monoisotopic (exact) mass is 614 g/mol. The summed E-state index contributed by atoms with van der Waals surface area (Å²) < 4.78 is 0. The van der Waals surface area contributed by atoms with Gasteiger partial charge in [0.2, 0.25) is 0 Å². The summed E-state index contributed by atoms with van der Waals surface area (Å²) in [5, 5.41) is 33.8. The molecule has 9 aliphatic rings. The van der Waals surface area contributed by atoms with Gasteiger partial charge in [0, 0.05) is 0 Å². The lowest BCUT2D eigenvalue weighted by Gasteiger charge is -2.35. The first-order valence-electron chi connectivity index (χ1n) is 18.5. The van der Waals surface area contributed by atoms with Crippen molar-refractivity contribution >= 4 is 11.6 Å². The molecule has 0 amide bonds. The van der Waals surface area contributed by atoms with Gasteiger partial charge in [-0.15, -0.1) is 0 Å². The lowest BCUT2D eigenvalue weighted by molar-refractivity contribution is 0.167. The maximum atomic E-state index is 4.76. The minimum absolute atomic E-state index is 0.420. The standard InChI is InChI=1S/C32H56N8.C2H3Cl/c1-2-10-18-17(9-1)25-33-26(18)38-28-21-13-5-6-14-22(21)30(35-28)40-32-24-16-8-7-15-23(24)31(36-32)39-29-20-12-4-3-11-19(20)27(34-29)37-25;1-2-3/h17-40H,1-16H2;2H,1H2. The van der Waals surface area contributed by atoms with E-state index in [4.69, 9.17) is 11.6 Å². The second-order valence-corrected chi connectivity index (χ2v) is 16.1. The quantitative estimate of drug-likeness (QED) is 0.208. The molecule has 0 radical (unpaired) electrons. The first kappa shape index (κ1) is 30.1. The molecular weight excluding hydrogens is 556 g/mol. The third kappa shape index (κ3) is 5.67. The van der Waals surface area contributed by atoms with E-state index in [1.165, 1.54) is 108 Å². The summed E-state index contributed by atoms with van der Waals surface area (Å²) >= 11 is 4.76. The van der Waals surface area contributed by atoms with Gasteiger partial charge in [0.25, 0.3) is 0 Å². The molecule has 5 saturated heterocycles. The van der Waals surface area contributed by atoms with Gasteiger partial charge < -0.3 is 0 Å². The van der Waals surface area contributed by atoms with Gasteiger partial charge in [-0.25, -0.2) is 0 Å². The van der Waals surface area contributed by atoms with E-state index in [1.54, 1.807) is 0 Å². The van der Waals surface area contributed by atoms with Crippen molar-refractivity contribution < 1.29 is 0 Å². The third-order valence-electron chi connectivity index (χ3n) is 13.8. The molecule has 9 fully saturated rings. The van der Waals surface area contributed by atoms with Crippen molar-refractivity contribution in [3.8, 4) is 0 Å². The van der Waals surface area contributed by atoms with Crippen LogP contribution in [0.4, 0.5) is 0 Å². The minimum Gasteiger partial charge on any atom is -0.286 e. The molecule has 0 spiro atoms. The fourth-order valence-corrected chi connectivity index (χ4v) is 12.0. The molecule has 0 aromatic rings. The summed E-state index contributed by atoms with van der Waals surface area (Å²) in [4.78, 5) is 0. The number of hydrogen-bond donors (Lipinski definition) is 8. The van der Waals surface area contributed by atoms with Crippen molar-refractivity contribution in [3.63, 3.8) is 0 Å². The summed E-state index contributed by atoms with van der Waals surface area (Å²) in [7, 11) is 0. The summed E-state index contributed by atoms with van der Waals surface area (Å²) in [5.41, 5.74) is 1.22. The van der Waals surface area contributed by atoms with Crippen molar-refractivity contribution in [2.24, 2.45) is 47.3 Å². The van der Waals surface area contributed by atoms with Crippen LogP contribution < -0.4 is 42.5 Å². The Labute approximate surface area is 265 Å². The minimum atomic E-state index is 0.420. The Bertz CT molecular complexity index is 761. The third-order valence-corrected chi connectivity index (χ3v) is 13.8. The molecule has 0 aromatic carbocycles. The molecule has 8 bridgehead atoms. The van der Waals surface area contributed by atoms with E-state index in [9.17, 15) is 0 Å². The van der Waals surface area contributed by atoms with E-state index in [-0.39, 0.29) is 0 Å². The Morgan fingerprint density at radius 1 is 0.326 bits per heavy atom. The smallest absolute Gasteiger partial charge is 0.0628 e. The molecule has 4 saturated carbocycles. The highest BCUT2D eigenvalue weighted by Gasteiger charge is 2.54. The molecule has 5 heterocycles. The lowest BCUT2D eigenvalue weighted by Crippen LogP contribution is -2.61. The van der Waals surface area contributed by atoms with Gasteiger partial charge in [0.05, 0.1) is 49.3 Å². The first-order chi connectivity index (χ1) is 21.2. The molecule has 43 heavy (non-hydrogen) atoms. The fraction of sp³-hybridized carbons (Fsp3) is 0.941. The Balaban J connectivity index is 0.000000892. The van der Waals surface area contributed by atoms with Gasteiger partial charge in [-0.3, -0.25) is 42.5 Å². The molecule has 8 N–H and O–H groups in total. The van der Waals surface area contributed by atoms with E-state index in [2.05, 4.69) is 49.1 Å². The number of halogens is 1. The van der Waals surface area contributed by atoms with Gasteiger partial charge in [-0.05, 0) is 104 Å². The van der Waals surface area contributed by atoms with E-state index in [0.717, 1.165) is 47.3 Å². The van der Waals surface area contributed by atoms with E-state index >= 15 is 0 Å². The summed E-state index contributed by atoms with van der Waals surface area (Å²) in [6.45, 7) is 3.13. The van der Waals surface area contributed by atoms with Crippen LogP contribution in [0.5, 0.6) is 0 Å². The van der Waals surface area contributed by atoms with Crippen LogP contribution in [0.2, 0.25) is 0 Å². The second-order valence-electron chi connectivity index (χ2n) is 15.8. The largest absolute Gasteiger partial charge is 0.286 e. The highest BCUT2D eigenvalue weighted by Crippen LogP contribution is 2.45. The zero-order valence-electron chi connectivity index (χ0n) is 26.2. The Hall–Kier alpha value is -0.290. The topological polar surface area (TPSA) is 96.2 Å². The average Bonchev–Trinajstić information content (AvgIpc) is 3.77. The first-order valence-corrected chi connectivity index (χ1v) is 18.9. The van der Waals surface area contributed by atoms with Gasteiger partial charge >= 0.3 is 0 Å². The Morgan fingerprint density at radius 2 is 0.442 bits per heavy atom. The van der Waals surface area contributed by atoms with Crippen LogP contribution in [0.3, 0.4) is 0 Å². The van der Waals surface area contributed by atoms with Crippen molar-refractivity contribution in [1.82, 2.24) is 42.5 Å². The van der Waals surface area contributed by atoms with Crippen LogP contribution in [0.25, 0.3) is 0 Å². The average molecular weight is 615 g/mol. The lowest BCUT2D eigenvalue weighted by atomic mass is 9.76. The Morgan fingerprint density at radius 3 is 0.558 bits per heavy atom. The highest BCUT2D eigenvalue weighted by atomic mass is 35.5. The normalized spacial score (nSPS) is 53.9. The number of fused-ring (bicyclic) bond motifs is 20. The fourth-order valence-electron chi connectivity index (χ4n) is 12.0. The molecule has 8 nitrogen and oxygen atoms in total. The van der Waals surface area contributed by atoms with Crippen LogP contribution in [0.15, 0.2) is 12.1 Å². The SMILES string of the molecule is C1CCC2C3NC(NC4NC(NC5NC(NC6NC(N3)C3CCCCC63)C3CCCCC53)C3CCCCC43)C2C1.C=CCl. The predicted molar refractivity (Wildman–Crippen MR) is 173 cm³/mol. The maximum Gasteiger partial charge on any atom is 0.0628 e. The second kappa shape index (κ2) is 13.1. The van der Waals surface area contributed by atoms with Gasteiger partial charge in [0.1, 0.15) is 0 Å². The Kier molecular flexibility index (Phi) is 9.14. The van der Waals surface area contributed by atoms with Crippen molar-refractivity contribution in [2.75, 3.05) is 0 Å². The summed E-state index contributed by atoms with van der Waals surface area (Å²) in [5.74, 6) is 5.97. The van der Waals surface area contributed by atoms with Gasteiger partial charge in [-0.2, -0.15) is 0 Å². The van der Waals surface area contributed by atoms with E-state index in [0.29, 0.717) is 49.3 Å². The van der Waals surface area contributed by atoms with Crippen LogP contribution in [0.1, 0.15) is 103 Å². The number of rotatable bonds is 0. The molecule has 5 aliphatic heterocycles.